The minimum absolute atomic E-state index is 0.141. The Bertz CT molecular complexity index is 739. The predicted octanol–water partition coefficient (Wildman–Crippen LogP) is 1.77. The Kier molecular flexibility index (Phi) is 4.35. The standard InChI is InChI=1S/C18H17N3O2/c19-12-14-2-1-3-15(10-14)18(23)21-9-6-17(22)16(21)11-13-4-7-20-8-5-13/h1-5,7-8,10,16-17,22H,6,9,11H2/t16-,17-/m1/s1. The lowest BCUT2D eigenvalue weighted by atomic mass is 10.0. The second-order valence-electron chi connectivity index (χ2n) is 5.67. The Balaban J connectivity index is 1.82. The van der Waals surface area contributed by atoms with Crippen LogP contribution in [0.5, 0.6) is 0 Å². The van der Waals surface area contributed by atoms with Gasteiger partial charge >= 0.3 is 0 Å². The number of rotatable bonds is 3. The molecule has 5 nitrogen and oxygen atoms in total. The van der Waals surface area contributed by atoms with Crippen LogP contribution in [0.1, 0.15) is 27.9 Å². The van der Waals surface area contributed by atoms with E-state index in [1.807, 2.05) is 18.2 Å². The third kappa shape index (κ3) is 3.22. The fourth-order valence-corrected chi connectivity index (χ4v) is 2.98. The van der Waals surface area contributed by atoms with E-state index in [1.165, 1.54) is 0 Å². The molecule has 116 valence electrons. The van der Waals surface area contributed by atoms with Gasteiger partial charge in [0.05, 0.1) is 23.8 Å². The molecule has 1 aliphatic heterocycles. The zero-order valence-electron chi connectivity index (χ0n) is 12.6. The van der Waals surface area contributed by atoms with Gasteiger partial charge in [-0.15, -0.1) is 0 Å². The number of aliphatic hydroxyl groups excluding tert-OH is 1. The van der Waals surface area contributed by atoms with Gasteiger partial charge in [0.15, 0.2) is 0 Å². The van der Waals surface area contributed by atoms with Gasteiger partial charge in [-0.1, -0.05) is 6.07 Å². The van der Waals surface area contributed by atoms with Crippen molar-refractivity contribution >= 4 is 5.91 Å². The Morgan fingerprint density at radius 1 is 1.35 bits per heavy atom. The third-order valence-corrected chi connectivity index (χ3v) is 4.20. The first-order valence-electron chi connectivity index (χ1n) is 7.57. The average Bonchev–Trinajstić information content (AvgIpc) is 2.96. The molecule has 2 heterocycles. The molecule has 2 atom stereocenters. The first-order valence-corrected chi connectivity index (χ1v) is 7.57. The first kappa shape index (κ1) is 15.2. The van der Waals surface area contributed by atoms with Gasteiger partial charge in [-0.2, -0.15) is 5.26 Å². The van der Waals surface area contributed by atoms with Crippen LogP contribution in [0, 0.1) is 11.3 Å². The van der Waals surface area contributed by atoms with Crippen molar-refractivity contribution in [1.82, 2.24) is 9.88 Å². The highest BCUT2D eigenvalue weighted by atomic mass is 16.3. The van der Waals surface area contributed by atoms with Crippen LogP contribution >= 0.6 is 0 Å². The summed E-state index contributed by atoms with van der Waals surface area (Å²) < 4.78 is 0. The Morgan fingerprint density at radius 3 is 2.87 bits per heavy atom. The van der Waals surface area contributed by atoms with Crippen molar-refractivity contribution in [1.29, 1.82) is 5.26 Å². The molecule has 0 unspecified atom stereocenters. The van der Waals surface area contributed by atoms with Crippen LogP contribution in [0.25, 0.3) is 0 Å². The molecule has 1 N–H and O–H groups in total. The molecule has 0 radical (unpaired) electrons. The number of likely N-dealkylation sites (tertiary alicyclic amines) is 1. The number of carbonyl (C=O) groups is 1. The molecule has 5 heteroatoms. The number of benzene rings is 1. The molecule has 1 saturated heterocycles. The molecule has 0 bridgehead atoms. The maximum atomic E-state index is 12.8. The predicted molar refractivity (Wildman–Crippen MR) is 84.5 cm³/mol. The van der Waals surface area contributed by atoms with E-state index in [-0.39, 0.29) is 11.9 Å². The maximum absolute atomic E-state index is 12.8. The average molecular weight is 307 g/mol. The number of aromatic nitrogens is 1. The van der Waals surface area contributed by atoms with Crippen molar-refractivity contribution in [3.63, 3.8) is 0 Å². The molecule has 23 heavy (non-hydrogen) atoms. The highest BCUT2D eigenvalue weighted by molar-refractivity contribution is 5.95. The summed E-state index contributed by atoms with van der Waals surface area (Å²) in [6.45, 7) is 0.520. The van der Waals surface area contributed by atoms with Gasteiger partial charge in [-0.05, 0) is 48.7 Å². The second kappa shape index (κ2) is 6.59. The smallest absolute Gasteiger partial charge is 0.254 e. The molecule has 1 aliphatic rings. The number of nitriles is 1. The van der Waals surface area contributed by atoms with E-state index in [4.69, 9.17) is 5.26 Å². The van der Waals surface area contributed by atoms with E-state index in [0.717, 1.165) is 5.56 Å². The minimum atomic E-state index is -0.536. The number of pyridine rings is 1. The van der Waals surface area contributed by atoms with Gasteiger partial charge in [-0.3, -0.25) is 9.78 Å². The molecule has 1 amide bonds. The second-order valence-corrected chi connectivity index (χ2v) is 5.67. The van der Waals surface area contributed by atoms with Crippen LogP contribution in [0.4, 0.5) is 0 Å². The quantitative estimate of drug-likeness (QED) is 0.937. The lowest BCUT2D eigenvalue weighted by molar-refractivity contribution is 0.0640. The van der Waals surface area contributed by atoms with Crippen molar-refractivity contribution in [3.8, 4) is 6.07 Å². The lowest BCUT2D eigenvalue weighted by Gasteiger charge is -2.26. The van der Waals surface area contributed by atoms with Crippen LogP contribution in [0.15, 0.2) is 48.8 Å². The topological polar surface area (TPSA) is 77.2 Å². The first-order chi connectivity index (χ1) is 11.2. The van der Waals surface area contributed by atoms with Crippen LogP contribution in [0.2, 0.25) is 0 Å². The number of aliphatic hydroxyl groups is 1. The van der Waals surface area contributed by atoms with Gasteiger partial charge in [0.1, 0.15) is 0 Å². The van der Waals surface area contributed by atoms with Crippen molar-refractivity contribution in [2.45, 2.75) is 25.0 Å². The van der Waals surface area contributed by atoms with Crippen molar-refractivity contribution in [2.24, 2.45) is 0 Å². The van der Waals surface area contributed by atoms with E-state index in [0.29, 0.717) is 30.5 Å². The maximum Gasteiger partial charge on any atom is 0.254 e. The molecule has 1 aromatic carbocycles. The van der Waals surface area contributed by atoms with Crippen molar-refractivity contribution in [2.75, 3.05) is 6.54 Å². The van der Waals surface area contributed by atoms with Gasteiger partial charge in [0, 0.05) is 24.5 Å². The number of nitrogens with zero attached hydrogens (tertiary/aromatic N) is 3. The van der Waals surface area contributed by atoms with Gasteiger partial charge in [-0.25, -0.2) is 0 Å². The summed E-state index contributed by atoms with van der Waals surface area (Å²) >= 11 is 0. The molecule has 0 spiro atoms. The molecular formula is C18H17N3O2. The Morgan fingerprint density at radius 2 is 2.13 bits per heavy atom. The van der Waals surface area contributed by atoms with Crippen molar-refractivity contribution in [3.05, 3.63) is 65.5 Å². The Labute approximate surface area is 134 Å². The van der Waals surface area contributed by atoms with Gasteiger partial charge in [0.25, 0.3) is 5.91 Å². The zero-order chi connectivity index (χ0) is 16.2. The van der Waals surface area contributed by atoms with Gasteiger partial charge in [0.2, 0.25) is 0 Å². The van der Waals surface area contributed by atoms with E-state index in [9.17, 15) is 9.90 Å². The highest BCUT2D eigenvalue weighted by Crippen LogP contribution is 2.24. The summed E-state index contributed by atoms with van der Waals surface area (Å²) in [5, 5.41) is 19.2. The van der Waals surface area contributed by atoms with Crippen LogP contribution < -0.4 is 0 Å². The molecule has 1 aromatic heterocycles. The number of hydrogen-bond acceptors (Lipinski definition) is 4. The molecular weight excluding hydrogens is 290 g/mol. The van der Waals surface area contributed by atoms with Crippen LogP contribution in [-0.2, 0) is 6.42 Å². The number of carbonyl (C=O) groups excluding carboxylic acids is 1. The fraction of sp³-hybridized carbons (Fsp3) is 0.278. The third-order valence-electron chi connectivity index (χ3n) is 4.20. The molecule has 0 saturated carbocycles. The summed E-state index contributed by atoms with van der Waals surface area (Å²) in [5.41, 5.74) is 1.98. The number of amides is 1. The fourth-order valence-electron chi connectivity index (χ4n) is 2.98. The highest BCUT2D eigenvalue weighted by Gasteiger charge is 2.36. The zero-order valence-corrected chi connectivity index (χ0v) is 12.6. The lowest BCUT2D eigenvalue weighted by Crippen LogP contribution is -2.41. The summed E-state index contributed by atoms with van der Waals surface area (Å²) in [6, 6.07) is 12.3. The Hall–Kier alpha value is -2.71. The summed E-state index contributed by atoms with van der Waals surface area (Å²) in [7, 11) is 0. The molecule has 3 rings (SSSR count). The van der Waals surface area contributed by atoms with E-state index in [1.54, 1.807) is 41.6 Å². The van der Waals surface area contributed by atoms with E-state index in [2.05, 4.69) is 4.98 Å². The normalized spacial score (nSPS) is 20.3. The monoisotopic (exact) mass is 307 g/mol. The largest absolute Gasteiger partial charge is 0.391 e. The van der Waals surface area contributed by atoms with Gasteiger partial charge < -0.3 is 10.0 Å². The van der Waals surface area contributed by atoms with Crippen LogP contribution in [0.3, 0.4) is 0 Å². The molecule has 1 fully saturated rings. The van der Waals surface area contributed by atoms with Crippen LogP contribution in [-0.4, -0.2) is 39.6 Å². The molecule has 2 aromatic rings. The minimum Gasteiger partial charge on any atom is -0.391 e. The van der Waals surface area contributed by atoms with E-state index >= 15 is 0 Å². The SMILES string of the molecule is N#Cc1cccc(C(=O)N2CC[C@@H](O)[C@H]2Cc2ccncc2)c1. The summed E-state index contributed by atoms with van der Waals surface area (Å²) in [4.78, 5) is 18.5. The summed E-state index contributed by atoms with van der Waals surface area (Å²) in [6.07, 6.45) is 4.04. The van der Waals surface area contributed by atoms with E-state index < -0.39 is 6.10 Å². The molecule has 0 aliphatic carbocycles. The summed E-state index contributed by atoms with van der Waals surface area (Å²) in [5.74, 6) is -0.141. The van der Waals surface area contributed by atoms with Crippen molar-refractivity contribution < 1.29 is 9.90 Å². The number of hydrogen-bond donors (Lipinski definition) is 1.